The highest BCUT2D eigenvalue weighted by molar-refractivity contribution is 7.98. The van der Waals surface area contributed by atoms with Crippen molar-refractivity contribution in [2.45, 2.75) is 17.7 Å². The minimum atomic E-state index is -0.774. The van der Waals surface area contributed by atoms with Gasteiger partial charge >= 0.3 is 5.97 Å². The number of nitrogens with zero attached hydrogens (tertiary/aromatic N) is 1. The van der Waals surface area contributed by atoms with Gasteiger partial charge in [-0.05, 0) is 37.3 Å². The van der Waals surface area contributed by atoms with Crippen LogP contribution in [0.1, 0.15) is 23.2 Å². The molecule has 1 aliphatic heterocycles. The molecule has 1 fully saturated rings. The predicted octanol–water partition coefficient (Wildman–Crippen LogP) is 2.35. The zero-order chi connectivity index (χ0) is 15.4. The van der Waals surface area contributed by atoms with Crippen LogP contribution in [0.25, 0.3) is 0 Å². The third-order valence-electron chi connectivity index (χ3n) is 3.77. The fourth-order valence-electron chi connectivity index (χ4n) is 2.48. The molecular weight excluding hydrogens is 290 g/mol. The van der Waals surface area contributed by atoms with E-state index in [1.54, 1.807) is 29.8 Å². The van der Waals surface area contributed by atoms with Gasteiger partial charge in [-0.25, -0.2) is 0 Å². The molecule has 0 radical (unpaired) electrons. The second-order valence-electron chi connectivity index (χ2n) is 4.97. The van der Waals surface area contributed by atoms with E-state index in [9.17, 15) is 9.59 Å². The van der Waals surface area contributed by atoms with Crippen LogP contribution in [0.3, 0.4) is 0 Å². The minimum Gasteiger partial charge on any atom is -0.496 e. The monoisotopic (exact) mass is 309 g/mol. The summed E-state index contributed by atoms with van der Waals surface area (Å²) in [7, 11) is 1.55. The van der Waals surface area contributed by atoms with Crippen molar-refractivity contribution in [3.63, 3.8) is 0 Å². The summed E-state index contributed by atoms with van der Waals surface area (Å²) in [5.41, 5.74) is 0.532. The quantitative estimate of drug-likeness (QED) is 0.865. The summed E-state index contributed by atoms with van der Waals surface area (Å²) in [4.78, 5) is 26.2. The number of carbonyl (C=O) groups is 2. The van der Waals surface area contributed by atoms with E-state index in [2.05, 4.69) is 0 Å². The number of piperidine rings is 1. The fraction of sp³-hybridized carbons (Fsp3) is 0.467. The summed E-state index contributed by atoms with van der Waals surface area (Å²) in [6.07, 6.45) is 2.98. The fourth-order valence-corrected chi connectivity index (χ4v) is 2.90. The van der Waals surface area contributed by atoms with Crippen molar-refractivity contribution in [1.82, 2.24) is 4.90 Å². The maximum atomic E-state index is 12.5. The number of rotatable bonds is 4. The molecular formula is C15H19NO4S. The number of amides is 1. The molecule has 21 heavy (non-hydrogen) atoms. The van der Waals surface area contributed by atoms with Crippen molar-refractivity contribution < 1.29 is 19.4 Å². The van der Waals surface area contributed by atoms with Gasteiger partial charge in [-0.1, -0.05) is 0 Å². The largest absolute Gasteiger partial charge is 0.496 e. The summed E-state index contributed by atoms with van der Waals surface area (Å²) < 4.78 is 5.30. The second-order valence-corrected chi connectivity index (χ2v) is 5.85. The Bertz CT molecular complexity index is 538. The number of aliphatic carboxylic acids is 1. The number of carboxylic acids is 1. The Balaban J connectivity index is 2.12. The van der Waals surface area contributed by atoms with Crippen LogP contribution < -0.4 is 4.74 Å². The van der Waals surface area contributed by atoms with E-state index in [1.165, 1.54) is 0 Å². The lowest BCUT2D eigenvalue weighted by molar-refractivity contribution is -0.143. The van der Waals surface area contributed by atoms with Crippen molar-refractivity contribution in [1.29, 1.82) is 0 Å². The highest BCUT2D eigenvalue weighted by atomic mass is 32.2. The van der Waals surface area contributed by atoms with Gasteiger partial charge in [0.2, 0.25) is 0 Å². The van der Waals surface area contributed by atoms with E-state index in [0.29, 0.717) is 37.2 Å². The number of hydrogen-bond acceptors (Lipinski definition) is 4. The van der Waals surface area contributed by atoms with Gasteiger partial charge in [-0.2, -0.15) is 0 Å². The van der Waals surface area contributed by atoms with E-state index in [4.69, 9.17) is 9.84 Å². The summed E-state index contributed by atoms with van der Waals surface area (Å²) >= 11 is 1.59. The molecule has 0 atom stereocenters. The summed E-state index contributed by atoms with van der Waals surface area (Å²) in [6.45, 7) is 0.951. The highest BCUT2D eigenvalue weighted by Crippen LogP contribution is 2.28. The molecule has 0 aromatic heterocycles. The first kappa shape index (κ1) is 15.7. The first-order valence-corrected chi connectivity index (χ1v) is 8.03. The van der Waals surface area contributed by atoms with Crippen molar-refractivity contribution in [3.8, 4) is 5.75 Å². The molecule has 0 unspecified atom stereocenters. The Morgan fingerprint density at radius 3 is 2.52 bits per heavy atom. The Kier molecular flexibility index (Phi) is 5.12. The molecule has 5 nitrogen and oxygen atoms in total. The highest BCUT2D eigenvalue weighted by Gasteiger charge is 2.28. The van der Waals surface area contributed by atoms with Crippen LogP contribution in [-0.4, -0.2) is 48.3 Å². The molecule has 6 heteroatoms. The van der Waals surface area contributed by atoms with Crippen LogP contribution in [0.2, 0.25) is 0 Å². The van der Waals surface area contributed by atoms with Crippen LogP contribution in [0.4, 0.5) is 0 Å². The lowest BCUT2D eigenvalue weighted by Gasteiger charge is -2.30. The molecule has 1 amide bonds. The lowest BCUT2D eigenvalue weighted by atomic mass is 9.96. The molecule has 1 saturated heterocycles. The van der Waals surface area contributed by atoms with Crippen molar-refractivity contribution >= 4 is 23.6 Å². The van der Waals surface area contributed by atoms with Crippen LogP contribution in [0.5, 0.6) is 5.75 Å². The number of likely N-dealkylation sites (tertiary alicyclic amines) is 1. The third-order valence-corrected chi connectivity index (χ3v) is 4.50. The van der Waals surface area contributed by atoms with Gasteiger partial charge in [0.25, 0.3) is 5.91 Å². The van der Waals surface area contributed by atoms with Crippen LogP contribution >= 0.6 is 11.8 Å². The van der Waals surface area contributed by atoms with Crippen molar-refractivity contribution in [3.05, 3.63) is 23.8 Å². The summed E-state index contributed by atoms with van der Waals surface area (Å²) in [5.74, 6) is -0.644. The first-order valence-electron chi connectivity index (χ1n) is 6.81. The number of hydrogen-bond donors (Lipinski definition) is 1. The van der Waals surface area contributed by atoms with Gasteiger partial charge in [0.1, 0.15) is 5.75 Å². The second kappa shape index (κ2) is 6.85. The molecule has 1 aromatic carbocycles. The van der Waals surface area contributed by atoms with Crippen LogP contribution in [-0.2, 0) is 4.79 Å². The average molecular weight is 309 g/mol. The smallest absolute Gasteiger partial charge is 0.306 e. The first-order chi connectivity index (χ1) is 10.1. The molecule has 0 saturated carbocycles. The topological polar surface area (TPSA) is 66.8 Å². The van der Waals surface area contributed by atoms with Gasteiger partial charge in [-0.3, -0.25) is 9.59 Å². The van der Waals surface area contributed by atoms with Crippen LogP contribution in [0.15, 0.2) is 23.1 Å². The van der Waals surface area contributed by atoms with E-state index in [0.717, 1.165) is 4.90 Å². The predicted molar refractivity (Wildman–Crippen MR) is 81.0 cm³/mol. The van der Waals surface area contributed by atoms with Gasteiger partial charge in [0, 0.05) is 18.0 Å². The SMILES string of the molecule is COc1cc(SC)ccc1C(=O)N1CCC(C(=O)O)CC1. The van der Waals surface area contributed by atoms with Crippen LogP contribution in [0, 0.1) is 5.92 Å². The van der Waals surface area contributed by atoms with E-state index in [-0.39, 0.29) is 11.8 Å². The Morgan fingerprint density at radius 2 is 2.00 bits per heavy atom. The molecule has 0 aliphatic carbocycles. The number of carboxylic acid groups (broad SMARTS) is 1. The molecule has 1 heterocycles. The number of benzene rings is 1. The molecule has 1 N–H and O–H groups in total. The number of ether oxygens (including phenoxy) is 1. The van der Waals surface area contributed by atoms with E-state index >= 15 is 0 Å². The van der Waals surface area contributed by atoms with Crippen molar-refractivity contribution in [2.24, 2.45) is 5.92 Å². The lowest BCUT2D eigenvalue weighted by Crippen LogP contribution is -2.40. The normalized spacial score (nSPS) is 15.8. The van der Waals surface area contributed by atoms with Crippen molar-refractivity contribution in [2.75, 3.05) is 26.5 Å². The molecule has 0 spiro atoms. The molecule has 114 valence electrons. The molecule has 0 bridgehead atoms. The van der Waals surface area contributed by atoms with Gasteiger partial charge < -0.3 is 14.7 Å². The van der Waals surface area contributed by atoms with E-state index < -0.39 is 5.97 Å². The van der Waals surface area contributed by atoms with Gasteiger partial charge in [0.05, 0.1) is 18.6 Å². The zero-order valence-electron chi connectivity index (χ0n) is 12.2. The Labute approximate surface area is 128 Å². The zero-order valence-corrected chi connectivity index (χ0v) is 13.0. The molecule has 1 aliphatic rings. The molecule has 2 rings (SSSR count). The van der Waals surface area contributed by atoms with E-state index in [1.807, 2.05) is 18.4 Å². The number of carbonyl (C=O) groups excluding carboxylic acids is 1. The molecule has 1 aromatic rings. The maximum Gasteiger partial charge on any atom is 0.306 e. The average Bonchev–Trinajstić information content (AvgIpc) is 2.53. The Morgan fingerprint density at radius 1 is 1.33 bits per heavy atom. The number of methoxy groups -OCH3 is 1. The van der Waals surface area contributed by atoms with Gasteiger partial charge in [0.15, 0.2) is 0 Å². The third kappa shape index (κ3) is 3.50. The standard InChI is InChI=1S/C15H19NO4S/c1-20-13-9-11(21-2)3-4-12(13)14(17)16-7-5-10(6-8-16)15(18)19/h3-4,9-10H,5-8H2,1-2H3,(H,18,19). The number of thioether (sulfide) groups is 1. The Hall–Kier alpha value is -1.69. The minimum absolute atomic E-state index is 0.0941. The maximum absolute atomic E-state index is 12.5. The summed E-state index contributed by atoms with van der Waals surface area (Å²) in [5, 5.41) is 8.99. The van der Waals surface area contributed by atoms with Gasteiger partial charge in [-0.15, -0.1) is 11.8 Å². The summed E-state index contributed by atoms with van der Waals surface area (Å²) in [6, 6.07) is 5.52.